The number of fused-ring (bicyclic) bond motifs is 1. The fourth-order valence-corrected chi connectivity index (χ4v) is 4.07. The van der Waals surface area contributed by atoms with E-state index < -0.39 is 0 Å². The highest BCUT2D eigenvalue weighted by atomic mass is 16.5. The molecule has 0 bridgehead atoms. The molecule has 0 saturated carbocycles. The van der Waals surface area contributed by atoms with Crippen molar-refractivity contribution in [2.24, 2.45) is 0 Å². The van der Waals surface area contributed by atoms with Crippen molar-refractivity contribution < 1.29 is 9.47 Å². The van der Waals surface area contributed by atoms with E-state index in [0.717, 1.165) is 67.5 Å². The summed E-state index contributed by atoms with van der Waals surface area (Å²) in [6.07, 6.45) is 3.42. The summed E-state index contributed by atoms with van der Waals surface area (Å²) in [5.74, 6) is 0.730. The van der Waals surface area contributed by atoms with Gasteiger partial charge >= 0.3 is 0 Å². The van der Waals surface area contributed by atoms with Gasteiger partial charge in [0.15, 0.2) is 5.82 Å². The van der Waals surface area contributed by atoms with Crippen LogP contribution in [0.5, 0.6) is 0 Å². The highest BCUT2D eigenvalue weighted by Gasteiger charge is 2.28. The van der Waals surface area contributed by atoms with Gasteiger partial charge in [0, 0.05) is 56.4 Å². The molecule has 2 fully saturated rings. The van der Waals surface area contributed by atoms with Gasteiger partial charge in [0.05, 0.1) is 36.6 Å². The van der Waals surface area contributed by atoms with Crippen LogP contribution in [0.25, 0.3) is 22.3 Å². The van der Waals surface area contributed by atoms with E-state index in [9.17, 15) is 0 Å². The van der Waals surface area contributed by atoms with E-state index in [-0.39, 0.29) is 5.60 Å². The molecule has 0 amide bonds. The lowest BCUT2D eigenvalue weighted by molar-refractivity contribution is -0.0425. The van der Waals surface area contributed by atoms with E-state index in [2.05, 4.69) is 56.7 Å². The molecule has 31 heavy (non-hydrogen) atoms. The number of pyridine rings is 1. The Morgan fingerprint density at radius 1 is 1.10 bits per heavy atom. The van der Waals surface area contributed by atoms with Crippen molar-refractivity contribution in [3.05, 3.63) is 42.7 Å². The quantitative estimate of drug-likeness (QED) is 0.651. The smallest absolute Gasteiger partial charge is 0.155 e. The summed E-state index contributed by atoms with van der Waals surface area (Å²) in [6.45, 7) is 8.54. The van der Waals surface area contributed by atoms with Gasteiger partial charge in [0.25, 0.3) is 0 Å². The lowest BCUT2D eigenvalue weighted by Gasteiger charge is -2.34. The first kappa shape index (κ1) is 20.1. The number of benzene rings is 1. The van der Waals surface area contributed by atoms with Crippen LogP contribution in [-0.4, -0.2) is 73.1 Å². The average Bonchev–Trinajstić information content (AvgIpc) is 2.83. The van der Waals surface area contributed by atoms with Crippen molar-refractivity contribution >= 4 is 22.5 Å². The lowest BCUT2D eigenvalue weighted by Crippen LogP contribution is -2.51. The second-order valence-electron chi connectivity index (χ2n) is 8.26. The number of aromatic nitrogens is 3. The third kappa shape index (κ3) is 4.46. The number of nitrogens with one attached hydrogen (secondary N) is 2. The molecule has 1 atom stereocenters. The molecule has 0 unspecified atom stereocenters. The van der Waals surface area contributed by atoms with E-state index in [1.807, 2.05) is 6.07 Å². The van der Waals surface area contributed by atoms with E-state index >= 15 is 0 Å². The van der Waals surface area contributed by atoms with Crippen LogP contribution in [0.4, 0.5) is 11.5 Å². The van der Waals surface area contributed by atoms with Crippen LogP contribution in [0.2, 0.25) is 0 Å². The molecule has 2 aliphatic heterocycles. The summed E-state index contributed by atoms with van der Waals surface area (Å²) in [7, 11) is 0. The van der Waals surface area contributed by atoms with Gasteiger partial charge in [-0.3, -0.25) is 4.98 Å². The number of rotatable bonds is 5. The number of morpholine rings is 2. The van der Waals surface area contributed by atoms with Crippen molar-refractivity contribution in [2.75, 3.05) is 62.8 Å². The third-order valence-electron chi connectivity index (χ3n) is 5.85. The minimum absolute atomic E-state index is 0.287. The lowest BCUT2D eigenvalue weighted by atomic mass is 10.1. The minimum Gasteiger partial charge on any atom is -0.378 e. The standard InChI is InChI=1S/C23H28N6O2/c1-23(15-24-8-11-31-23)16-27-22-21-20(25-6-7-26-21)14-19(28-22)17-2-4-18(5-3-17)29-9-12-30-13-10-29/h2-7,14,24H,8-13,15-16H2,1H3,(H,27,28)/t23-/m0/s1. The molecule has 8 heteroatoms. The largest absolute Gasteiger partial charge is 0.378 e. The van der Waals surface area contributed by atoms with E-state index in [1.54, 1.807) is 12.4 Å². The molecule has 2 aliphatic rings. The Morgan fingerprint density at radius 3 is 2.68 bits per heavy atom. The van der Waals surface area contributed by atoms with Gasteiger partial charge in [-0.25, -0.2) is 9.97 Å². The molecule has 0 radical (unpaired) electrons. The number of hydrogen-bond donors (Lipinski definition) is 2. The van der Waals surface area contributed by atoms with Gasteiger partial charge < -0.3 is 25.0 Å². The SMILES string of the molecule is C[C@@]1(CNc2nc(-c3ccc(N4CCOCC4)cc3)cc3nccnc23)CNCCO1. The van der Waals surface area contributed by atoms with Crippen molar-refractivity contribution in [1.82, 2.24) is 20.3 Å². The number of hydrogen-bond acceptors (Lipinski definition) is 8. The highest BCUT2D eigenvalue weighted by molar-refractivity contribution is 5.88. The summed E-state index contributed by atoms with van der Waals surface area (Å²) in [4.78, 5) is 16.3. The Bertz CT molecular complexity index is 1030. The first-order valence-corrected chi connectivity index (χ1v) is 10.8. The van der Waals surface area contributed by atoms with Crippen LogP contribution in [-0.2, 0) is 9.47 Å². The Morgan fingerprint density at radius 2 is 1.90 bits per heavy atom. The number of anilines is 2. The van der Waals surface area contributed by atoms with Crippen molar-refractivity contribution in [3.8, 4) is 11.3 Å². The molecule has 162 valence electrons. The molecule has 5 rings (SSSR count). The van der Waals surface area contributed by atoms with Gasteiger partial charge in [-0.15, -0.1) is 0 Å². The molecule has 1 aromatic carbocycles. The molecule has 0 aliphatic carbocycles. The fourth-order valence-electron chi connectivity index (χ4n) is 4.07. The maximum absolute atomic E-state index is 5.98. The van der Waals surface area contributed by atoms with Gasteiger partial charge in [-0.2, -0.15) is 0 Å². The maximum Gasteiger partial charge on any atom is 0.155 e. The topological polar surface area (TPSA) is 84.4 Å². The zero-order valence-electron chi connectivity index (χ0n) is 17.8. The Kier molecular flexibility index (Phi) is 5.67. The van der Waals surface area contributed by atoms with Gasteiger partial charge in [-0.05, 0) is 25.1 Å². The Hall–Kier alpha value is -2.81. The van der Waals surface area contributed by atoms with Crippen molar-refractivity contribution in [3.63, 3.8) is 0 Å². The van der Waals surface area contributed by atoms with Crippen molar-refractivity contribution in [1.29, 1.82) is 0 Å². The van der Waals surface area contributed by atoms with Crippen LogP contribution >= 0.6 is 0 Å². The second-order valence-corrected chi connectivity index (χ2v) is 8.26. The molecule has 8 nitrogen and oxygen atoms in total. The fraction of sp³-hybridized carbons (Fsp3) is 0.435. The van der Waals surface area contributed by atoms with Crippen molar-refractivity contribution in [2.45, 2.75) is 12.5 Å². The third-order valence-corrected chi connectivity index (χ3v) is 5.85. The first-order chi connectivity index (χ1) is 15.2. The van der Waals surface area contributed by atoms with Gasteiger partial charge in [0.1, 0.15) is 5.52 Å². The molecule has 2 saturated heterocycles. The predicted octanol–water partition coefficient (Wildman–Crippen LogP) is 2.32. The van der Waals surface area contributed by atoms with E-state index in [4.69, 9.17) is 14.5 Å². The average molecular weight is 421 g/mol. The van der Waals surface area contributed by atoms with Crippen LogP contribution in [0.1, 0.15) is 6.92 Å². The summed E-state index contributed by atoms with van der Waals surface area (Å²) in [5, 5.41) is 6.86. The maximum atomic E-state index is 5.98. The summed E-state index contributed by atoms with van der Waals surface area (Å²) in [6, 6.07) is 10.5. The van der Waals surface area contributed by atoms with E-state index in [1.165, 1.54) is 5.69 Å². The number of nitrogens with zero attached hydrogens (tertiary/aromatic N) is 4. The highest BCUT2D eigenvalue weighted by Crippen LogP contribution is 2.28. The van der Waals surface area contributed by atoms with Crippen LogP contribution in [0.3, 0.4) is 0 Å². The zero-order chi connectivity index (χ0) is 21.1. The summed E-state index contributed by atoms with van der Waals surface area (Å²) < 4.78 is 11.4. The van der Waals surface area contributed by atoms with Crippen LogP contribution in [0, 0.1) is 0 Å². The molecule has 2 N–H and O–H groups in total. The minimum atomic E-state index is -0.287. The van der Waals surface area contributed by atoms with Gasteiger partial charge in [0.2, 0.25) is 0 Å². The molecule has 2 aromatic heterocycles. The Labute approximate surface area is 182 Å². The van der Waals surface area contributed by atoms with E-state index in [0.29, 0.717) is 13.2 Å². The molecular formula is C23H28N6O2. The molecule has 3 aromatic rings. The normalized spacial score (nSPS) is 21.9. The molecular weight excluding hydrogens is 392 g/mol. The zero-order valence-corrected chi connectivity index (χ0v) is 17.8. The second kappa shape index (κ2) is 8.74. The summed E-state index contributed by atoms with van der Waals surface area (Å²) in [5.41, 5.74) is 4.43. The van der Waals surface area contributed by atoms with Crippen LogP contribution in [0.15, 0.2) is 42.7 Å². The Balaban J connectivity index is 1.42. The molecule has 0 spiro atoms. The molecule has 4 heterocycles. The van der Waals surface area contributed by atoms with Gasteiger partial charge in [-0.1, -0.05) is 12.1 Å². The number of ether oxygens (including phenoxy) is 2. The van der Waals surface area contributed by atoms with Crippen LogP contribution < -0.4 is 15.5 Å². The monoisotopic (exact) mass is 420 g/mol. The summed E-state index contributed by atoms with van der Waals surface area (Å²) >= 11 is 0. The predicted molar refractivity (Wildman–Crippen MR) is 122 cm³/mol. The first-order valence-electron chi connectivity index (χ1n) is 10.8.